The summed E-state index contributed by atoms with van der Waals surface area (Å²) < 4.78 is 11.6. The van der Waals surface area contributed by atoms with E-state index in [1.54, 1.807) is 7.05 Å². The molecule has 0 saturated carbocycles. The van der Waals surface area contributed by atoms with Crippen LogP contribution in [0.25, 0.3) is 0 Å². The largest absolute Gasteiger partial charge is 0.493 e. The molecule has 7 heteroatoms. The molecular formula is C22H29ClIN3O2. The van der Waals surface area contributed by atoms with Crippen LogP contribution in [0.2, 0.25) is 5.02 Å². The molecule has 0 radical (unpaired) electrons. The molecule has 29 heavy (non-hydrogen) atoms. The van der Waals surface area contributed by atoms with Crippen LogP contribution in [0.3, 0.4) is 0 Å². The molecule has 3 rings (SSSR count). The van der Waals surface area contributed by atoms with Gasteiger partial charge in [0.25, 0.3) is 0 Å². The number of benzene rings is 2. The van der Waals surface area contributed by atoms with Gasteiger partial charge in [-0.15, -0.1) is 24.0 Å². The molecule has 1 unspecified atom stereocenters. The molecule has 158 valence electrons. The zero-order valence-electron chi connectivity index (χ0n) is 16.9. The standard InChI is InChI=1S/C22H28ClN3O2.HI/c1-16-7-8-19(21(11-16)28-15-17-9-10-27-14-17)13-26-22(24-2)25-12-18-5-3-4-6-20(18)23;/h3-8,11,17H,9-10,12-15H2,1-2H3,(H2,24,25,26);1H. The highest BCUT2D eigenvalue weighted by Gasteiger charge is 2.17. The maximum Gasteiger partial charge on any atom is 0.191 e. The van der Waals surface area contributed by atoms with Crippen molar-refractivity contribution in [3.8, 4) is 5.75 Å². The van der Waals surface area contributed by atoms with Gasteiger partial charge in [0.2, 0.25) is 0 Å². The van der Waals surface area contributed by atoms with Crippen LogP contribution in [0.4, 0.5) is 0 Å². The first-order chi connectivity index (χ1) is 13.7. The number of nitrogens with one attached hydrogen (secondary N) is 2. The Balaban J connectivity index is 0.00000300. The van der Waals surface area contributed by atoms with E-state index in [-0.39, 0.29) is 24.0 Å². The minimum atomic E-state index is 0. The van der Waals surface area contributed by atoms with Gasteiger partial charge >= 0.3 is 0 Å². The smallest absolute Gasteiger partial charge is 0.191 e. The Labute approximate surface area is 195 Å². The first-order valence-corrected chi connectivity index (χ1v) is 10.0. The molecule has 5 nitrogen and oxygen atoms in total. The number of aliphatic imine (C=N–C) groups is 1. The molecular weight excluding hydrogens is 501 g/mol. The van der Waals surface area contributed by atoms with Crippen molar-refractivity contribution in [2.24, 2.45) is 10.9 Å². The van der Waals surface area contributed by atoms with E-state index in [0.29, 0.717) is 25.6 Å². The summed E-state index contributed by atoms with van der Waals surface area (Å²) in [6.07, 6.45) is 1.07. The van der Waals surface area contributed by atoms with Gasteiger partial charge in [-0.25, -0.2) is 0 Å². The van der Waals surface area contributed by atoms with Crippen molar-refractivity contribution in [3.63, 3.8) is 0 Å². The summed E-state index contributed by atoms with van der Waals surface area (Å²) in [7, 11) is 1.76. The van der Waals surface area contributed by atoms with Gasteiger partial charge in [-0.3, -0.25) is 4.99 Å². The number of hydrogen-bond acceptors (Lipinski definition) is 3. The van der Waals surface area contributed by atoms with E-state index in [1.807, 2.05) is 24.3 Å². The molecule has 1 fully saturated rings. The third-order valence-electron chi connectivity index (χ3n) is 4.80. The lowest BCUT2D eigenvalue weighted by Gasteiger charge is -2.17. The van der Waals surface area contributed by atoms with Gasteiger partial charge in [0.05, 0.1) is 13.2 Å². The highest BCUT2D eigenvalue weighted by molar-refractivity contribution is 14.0. The number of guanidine groups is 1. The molecule has 0 bridgehead atoms. The van der Waals surface area contributed by atoms with Gasteiger partial charge in [0.15, 0.2) is 5.96 Å². The number of nitrogens with zero attached hydrogens (tertiary/aromatic N) is 1. The quantitative estimate of drug-likeness (QED) is 0.314. The first-order valence-electron chi connectivity index (χ1n) is 9.63. The van der Waals surface area contributed by atoms with E-state index < -0.39 is 0 Å². The number of ether oxygens (including phenoxy) is 2. The fourth-order valence-corrected chi connectivity index (χ4v) is 3.29. The Hall–Kier alpha value is -1.51. The van der Waals surface area contributed by atoms with Crippen molar-refractivity contribution in [2.75, 3.05) is 26.9 Å². The van der Waals surface area contributed by atoms with Crippen LogP contribution in [0, 0.1) is 12.8 Å². The molecule has 1 heterocycles. The van der Waals surface area contributed by atoms with Crippen molar-refractivity contribution >= 4 is 41.5 Å². The second-order valence-corrected chi connectivity index (χ2v) is 7.43. The van der Waals surface area contributed by atoms with Crippen molar-refractivity contribution in [2.45, 2.75) is 26.4 Å². The lowest BCUT2D eigenvalue weighted by Crippen LogP contribution is -2.36. The summed E-state index contributed by atoms with van der Waals surface area (Å²) in [6, 6.07) is 14.1. The van der Waals surface area contributed by atoms with E-state index in [9.17, 15) is 0 Å². The molecule has 2 aromatic carbocycles. The Bertz CT molecular complexity index is 810. The van der Waals surface area contributed by atoms with Gasteiger partial charge in [-0.05, 0) is 36.6 Å². The highest BCUT2D eigenvalue weighted by Crippen LogP contribution is 2.22. The summed E-state index contributed by atoms with van der Waals surface area (Å²) in [4.78, 5) is 4.30. The molecule has 2 N–H and O–H groups in total. The maximum atomic E-state index is 6.22. The van der Waals surface area contributed by atoms with Gasteiger partial charge < -0.3 is 20.1 Å². The first kappa shape index (κ1) is 23.8. The van der Waals surface area contributed by atoms with Crippen LogP contribution in [0.1, 0.15) is 23.1 Å². The van der Waals surface area contributed by atoms with Gasteiger partial charge in [-0.1, -0.05) is 41.9 Å². The normalized spacial score (nSPS) is 16.2. The van der Waals surface area contributed by atoms with Crippen molar-refractivity contribution < 1.29 is 9.47 Å². The Morgan fingerprint density at radius 3 is 2.62 bits per heavy atom. The van der Waals surface area contributed by atoms with E-state index in [2.05, 4.69) is 40.7 Å². The van der Waals surface area contributed by atoms with Crippen molar-refractivity contribution in [1.82, 2.24) is 10.6 Å². The lowest BCUT2D eigenvalue weighted by molar-refractivity contribution is 0.166. The number of halogens is 2. The van der Waals surface area contributed by atoms with Crippen molar-refractivity contribution in [3.05, 3.63) is 64.2 Å². The second kappa shape index (κ2) is 12.2. The Kier molecular flexibility index (Phi) is 10.0. The summed E-state index contributed by atoms with van der Waals surface area (Å²) in [5, 5.41) is 7.40. The molecule has 2 aromatic rings. The van der Waals surface area contributed by atoms with Crippen LogP contribution in [0.15, 0.2) is 47.5 Å². The van der Waals surface area contributed by atoms with E-state index in [4.69, 9.17) is 21.1 Å². The highest BCUT2D eigenvalue weighted by atomic mass is 127. The van der Waals surface area contributed by atoms with Crippen molar-refractivity contribution in [1.29, 1.82) is 0 Å². The summed E-state index contributed by atoms with van der Waals surface area (Å²) in [6.45, 7) is 5.63. The van der Waals surface area contributed by atoms with Gasteiger partial charge in [-0.2, -0.15) is 0 Å². The zero-order chi connectivity index (χ0) is 19.8. The minimum Gasteiger partial charge on any atom is -0.493 e. The zero-order valence-corrected chi connectivity index (χ0v) is 20.0. The molecule has 0 spiro atoms. The Morgan fingerprint density at radius 2 is 1.93 bits per heavy atom. The maximum absolute atomic E-state index is 6.22. The molecule has 1 atom stereocenters. The average Bonchev–Trinajstić information content (AvgIpc) is 3.22. The fourth-order valence-electron chi connectivity index (χ4n) is 3.08. The predicted molar refractivity (Wildman–Crippen MR) is 130 cm³/mol. The Morgan fingerprint density at radius 1 is 1.17 bits per heavy atom. The van der Waals surface area contributed by atoms with Gasteiger partial charge in [0, 0.05) is 43.2 Å². The number of hydrogen-bond donors (Lipinski definition) is 2. The number of rotatable bonds is 7. The third-order valence-corrected chi connectivity index (χ3v) is 5.16. The van der Waals surface area contributed by atoms with Crippen LogP contribution < -0.4 is 15.4 Å². The topological polar surface area (TPSA) is 54.9 Å². The SMILES string of the molecule is CN=C(NCc1ccccc1Cl)NCc1ccc(C)cc1OCC1CCOC1.I. The van der Waals surface area contributed by atoms with Crippen LogP contribution in [-0.2, 0) is 17.8 Å². The molecule has 1 aliphatic rings. The molecule has 1 saturated heterocycles. The summed E-state index contributed by atoms with van der Waals surface area (Å²) in [5.41, 5.74) is 3.32. The van der Waals surface area contributed by atoms with Crippen LogP contribution in [-0.4, -0.2) is 32.8 Å². The van der Waals surface area contributed by atoms with Crippen LogP contribution in [0.5, 0.6) is 5.75 Å². The molecule has 0 aliphatic carbocycles. The molecule has 1 aliphatic heterocycles. The third kappa shape index (κ3) is 7.35. The molecule has 0 amide bonds. The summed E-state index contributed by atoms with van der Waals surface area (Å²) >= 11 is 6.22. The van der Waals surface area contributed by atoms with E-state index in [0.717, 1.165) is 47.5 Å². The second-order valence-electron chi connectivity index (χ2n) is 7.02. The number of aryl methyl sites for hydroxylation is 1. The van der Waals surface area contributed by atoms with Gasteiger partial charge in [0.1, 0.15) is 5.75 Å². The monoisotopic (exact) mass is 529 g/mol. The summed E-state index contributed by atoms with van der Waals surface area (Å²) in [5.74, 6) is 2.11. The van der Waals surface area contributed by atoms with Crippen LogP contribution >= 0.6 is 35.6 Å². The molecule has 0 aromatic heterocycles. The average molecular weight is 530 g/mol. The fraction of sp³-hybridized carbons (Fsp3) is 0.409. The predicted octanol–water partition coefficient (Wildman–Crippen LogP) is 4.55. The van der Waals surface area contributed by atoms with E-state index >= 15 is 0 Å². The van der Waals surface area contributed by atoms with E-state index in [1.165, 1.54) is 5.56 Å². The minimum absolute atomic E-state index is 0. The lowest BCUT2D eigenvalue weighted by atomic mass is 10.1.